The maximum Gasteiger partial charge on any atom is 0.303 e. The molecule has 0 radical (unpaired) electrons. The van der Waals surface area contributed by atoms with Gasteiger partial charge in [-0.1, -0.05) is 19.3 Å². The van der Waals surface area contributed by atoms with Crippen LogP contribution in [-0.2, 0) is 9.59 Å². The molecule has 1 aliphatic carbocycles. The molecule has 1 atom stereocenters. The Morgan fingerprint density at radius 3 is 2.45 bits per heavy atom. The highest BCUT2D eigenvalue weighted by Gasteiger charge is 2.32. The molecule has 3 N–H and O–H groups in total. The Labute approximate surface area is 121 Å². The van der Waals surface area contributed by atoms with Crippen LogP contribution < -0.4 is 10.6 Å². The number of carboxylic acids is 1. The molecule has 5 heteroatoms. The Bertz CT molecular complexity index is 325. The molecule has 5 nitrogen and oxygen atoms in total. The van der Waals surface area contributed by atoms with E-state index >= 15 is 0 Å². The van der Waals surface area contributed by atoms with E-state index in [0.29, 0.717) is 19.3 Å². The molecule has 0 aromatic heterocycles. The smallest absolute Gasteiger partial charge is 0.303 e. The van der Waals surface area contributed by atoms with Crippen LogP contribution in [0.4, 0.5) is 0 Å². The molecule has 0 aromatic carbocycles. The number of hydrogen-bond donors (Lipinski definition) is 3. The zero-order chi connectivity index (χ0) is 15.0. The van der Waals surface area contributed by atoms with E-state index in [1.807, 2.05) is 14.0 Å². The van der Waals surface area contributed by atoms with Gasteiger partial charge in [-0.25, -0.2) is 0 Å². The van der Waals surface area contributed by atoms with Crippen LogP contribution in [0.5, 0.6) is 0 Å². The average Bonchev–Trinajstić information content (AvgIpc) is 2.39. The molecule has 0 aliphatic heterocycles. The van der Waals surface area contributed by atoms with Crippen LogP contribution in [0.25, 0.3) is 0 Å². The third kappa shape index (κ3) is 5.90. The Hall–Kier alpha value is -1.10. The summed E-state index contributed by atoms with van der Waals surface area (Å²) in [6.07, 6.45) is 7.75. The van der Waals surface area contributed by atoms with Gasteiger partial charge in [-0.05, 0) is 39.7 Å². The van der Waals surface area contributed by atoms with Gasteiger partial charge in [0, 0.05) is 24.4 Å². The van der Waals surface area contributed by atoms with Crippen LogP contribution in [0.2, 0.25) is 0 Å². The van der Waals surface area contributed by atoms with E-state index in [9.17, 15) is 9.59 Å². The lowest BCUT2D eigenvalue weighted by Gasteiger charge is -2.37. The molecule has 0 bridgehead atoms. The summed E-state index contributed by atoms with van der Waals surface area (Å²) in [5.41, 5.74) is -0.0386. The zero-order valence-electron chi connectivity index (χ0n) is 12.7. The van der Waals surface area contributed by atoms with Crippen molar-refractivity contribution in [2.75, 3.05) is 7.05 Å². The predicted molar refractivity (Wildman–Crippen MR) is 78.6 cm³/mol. The normalized spacial score (nSPS) is 19.3. The van der Waals surface area contributed by atoms with Gasteiger partial charge in [-0.15, -0.1) is 0 Å². The van der Waals surface area contributed by atoms with E-state index in [0.717, 1.165) is 12.8 Å². The molecule has 1 saturated carbocycles. The van der Waals surface area contributed by atoms with E-state index in [2.05, 4.69) is 10.6 Å². The van der Waals surface area contributed by atoms with Gasteiger partial charge in [-0.3, -0.25) is 9.59 Å². The molecule has 0 heterocycles. The lowest BCUT2D eigenvalue weighted by Crippen LogP contribution is -2.49. The van der Waals surface area contributed by atoms with E-state index in [1.54, 1.807) is 0 Å². The number of rotatable bonds is 8. The fourth-order valence-electron chi connectivity index (χ4n) is 3.01. The molecule has 1 amide bonds. The summed E-state index contributed by atoms with van der Waals surface area (Å²) >= 11 is 0. The van der Waals surface area contributed by atoms with Crippen LogP contribution in [0, 0.1) is 0 Å². The fourth-order valence-corrected chi connectivity index (χ4v) is 3.01. The molecule has 20 heavy (non-hydrogen) atoms. The molecular weight excluding hydrogens is 256 g/mol. The van der Waals surface area contributed by atoms with Crippen molar-refractivity contribution in [3.05, 3.63) is 0 Å². The van der Waals surface area contributed by atoms with E-state index in [1.165, 1.54) is 19.3 Å². The third-order valence-electron chi connectivity index (χ3n) is 4.28. The first-order valence-corrected chi connectivity index (χ1v) is 7.67. The topological polar surface area (TPSA) is 78.4 Å². The van der Waals surface area contributed by atoms with Crippen LogP contribution in [0.15, 0.2) is 0 Å². The lowest BCUT2D eigenvalue weighted by atomic mass is 9.79. The van der Waals surface area contributed by atoms with Crippen molar-refractivity contribution in [3.8, 4) is 0 Å². The van der Waals surface area contributed by atoms with Gasteiger partial charge in [-0.2, -0.15) is 0 Å². The molecule has 0 spiro atoms. The van der Waals surface area contributed by atoms with Crippen molar-refractivity contribution >= 4 is 11.9 Å². The second kappa shape index (κ2) is 8.25. The standard InChI is InChI=1S/C15H28N2O3/c1-12(7-6-8-14(19)20)17-13(18)11-15(16-2)9-4-3-5-10-15/h12,16H,3-11H2,1-2H3,(H,17,18)(H,19,20). The molecule has 1 rings (SSSR count). The summed E-state index contributed by atoms with van der Waals surface area (Å²) < 4.78 is 0. The Kier molecular flexibility index (Phi) is 6.99. The van der Waals surface area contributed by atoms with E-state index in [-0.39, 0.29) is 23.9 Å². The quantitative estimate of drug-likeness (QED) is 0.637. The summed E-state index contributed by atoms with van der Waals surface area (Å²) in [5.74, 6) is -0.705. The maximum atomic E-state index is 12.1. The molecule has 1 aliphatic rings. The maximum absolute atomic E-state index is 12.1. The van der Waals surface area contributed by atoms with Crippen LogP contribution in [0.1, 0.15) is 64.7 Å². The molecule has 116 valence electrons. The number of carbonyl (C=O) groups excluding carboxylic acids is 1. The van der Waals surface area contributed by atoms with Crippen molar-refractivity contribution in [2.24, 2.45) is 0 Å². The average molecular weight is 284 g/mol. The van der Waals surface area contributed by atoms with E-state index < -0.39 is 5.97 Å². The SMILES string of the molecule is CNC1(CC(=O)NC(C)CCCC(=O)O)CCCCC1. The second-order valence-corrected chi connectivity index (χ2v) is 6.02. The number of nitrogens with one attached hydrogen (secondary N) is 2. The van der Waals surface area contributed by atoms with Crippen LogP contribution in [0.3, 0.4) is 0 Å². The summed E-state index contributed by atoms with van der Waals surface area (Å²) in [6, 6.07) is 0.0411. The van der Waals surface area contributed by atoms with Gasteiger partial charge in [0.25, 0.3) is 0 Å². The van der Waals surface area contributed by atoms with E-state index in [4.69, 9.17) is 5.11 Å². The highest BCUT2D eigenvalue weighted by Crippen LogP contribution is 2.30. The predicted octanol–water partition coefficient (Wildman–Crippen LogP) is 2.06. The molecule has 1 fully saturated rings. The largest absolute Gasteiger partial charge is 0.481 e. The summed E-state index contributed by atoms with van der Waals surface area (Å²) in [7, 11) is 1.94. The zero-order valence-corrected chi connectivity index (χ0v) is 12.7. The number of carbonyl (C=O) groups is 2. The summed E-state index contributed by atoms with van der Waals surface area (Å²) in [4.78, 5) is 22.6. The van der Waals surface area contributed by atoms with Crippen molar-refractivity contribution in [1.82, 2.24) is 10.6 Å². The number of hydrogen-bond acceptors (Lipinski definition) is 3. The Balaban J connectivity index is 2.32. The minimum Gasteiger partial charge on any atom is -0.481 e. The molecule has 1 unspecified atom stereocenters. The summed E-state index contributed by atoms with van der Waals surface area (Å²) in [6.45, 7) is 1.94. The monoisotopic (exact) mass is 284 g/mol. The van der Waals surface area contributed by atoms with Gasteiger partial charge in [0.05, 0.1) is 0 Å². The minimum atomic E-state index is -0.778. The van der Waals surface area contributed by atoms with Crippen molar-refractivity contribution in [2.45, 2.75) is 76.3 Å². The first-order valence-electron chi connectivity index (χ1n) is 7.67. The number of carboxylic acid groups (broad SMARTS) is 1. The first kappa shape index (κ1) is 17.0. The molecule has 0 saturated heterocycles. The Morgan fingerprint density at radius 2 is 1.90 bits per heavy atom. The lowest BCUT2D eigenvalue weighted by molar-refractivity contribution is -0.137. The van der Waals surface area contributed by atoms with Crippen molar-refractivity contribution < 1.29 is 14.7 Å². The van der Waals surface area contributed by atoms with Crippen molar-refractivity contribution in [3.63, 3.8) is 0 Å². The van der Waals surface area contributed by atoms with Crippen molar-refractivity contribution in [1.29, 1.82) is 0 Å². The first-order chi connectivity index (χ1) is 9.47. The molecular formula is C15H28N2O3. The second-order valence-electron chi connectivity index (χ2n) is 6.02. The summed E-state index contributed by atoms with van der Waals surface area (Å²) in [5, 5.41) is 14.9. The fraction of sp³-hybridized carbons (Fsp3) is 0.867. The van der Waals surface area contributed by atoms with Gasteiger partial charge >= 0.3 is 5.97 Å². The highest BCUT2D eigenvalue weighted by molar-refractivity contribution is 5.77. The van der Waals surface area contributed by atoms with Gasteiger partial charge in [0.1, 0.15) is 0 Å². The van der Waals surface area contributed by atoms with Crippen LogP contribution >= 0.6 is 0 Å². The molecule has 0 aromatic rings. The van der Waals surface area contributed by atoms with Gasteiger partial charge in [0.2, 0.25) is 5.91 Å². The highest BCUT2D eigenvalue weighted by atomic mass is 16.4. The van der Waals surface area contributed by atoms with Gasteiger partial charge < -0.3 is 15.7 Å². The van der Waals surface area contributed by atoms with Gasteiger partial charge in [0.15, 0.2) is 0 Å². The van der Waals surface area contributed by atoms with Crippen LogP contribution in [-0.4, -0.2) is 35.6 Å². The Morgan fingerprint density at radius 1 is 1.25 bits per heavy atom. The number of amides is 1. The third-order valence-corrected chi connectivity index (χ3v) is 4.28. The number of aliphatic carboxylic acids is 1. The minimum absolute atomic E-state index is 0.0386.